The highest BCUT2D eigenvalue weighted by Crippen LogP contribution is 2.23. The highest BCUT2D eigenvalue weighted by atomic mass is 35.5. The van der Waals surface area contributed by atoms with Gasteiger partial charge >= 0.3 is 0 Å². The maximum atomic E-state index is 13.6. The van der Waals surface area contributed by atoms with E-state index in [2.05, 4.69) is 15.6 Å². The molecule has 0 fully saturated rings. The average Bonchev–Trinajstić information content (AvgIpc) is 2.52. The molecular formula is C16H17ClFN3S2. The van der Waals surface area contributed by atoms with Crippen molar-refractivity contribution in [3.63, 3.8) is 0 Å². The molecule has 1 aromatic carbocycles. The van der Waals surface area contributed by atoms with Crippen molar-refractivity contribution in [1.29, 1.82) is 0 Å². The van der Waals surface area contributed by atoms with Gasteiger partial charge in [0.25, 0.3) is 0 Å². The number of hydrogen-bond donors (Lipinski definition) is 2. The van der Waals surface area contributed by atoms with Gasteiger partial charge in [-0.05, 0) is 42.9 Å². The third kappa shape index (κ3) is 5.64. The molecule has 0 saturated carbocycles. The second-order valence-electron chi connectivity index (χ2n) is 4.80. The minimum absolute atomic E-state index is 0.263. The third-order valence-corrected chi connectivity index (χ3v) is 4.67. The van der Waals surface area contributed by atoms with Crippen LogP contribution in [0.4, 0.5) is 10.2 Å². The summed E-state index contributed by atoms with van der Waals surface area (Å²) in [4.78, 5) is 4.22. The molecule has 0 radical (unpaired) electrons. The second kappa shape index (κ2) is 9.05. The van der Waals surface area contributed by atoms with Crippen LogP contribution in [0, 0.1) is 12.7 Å². The van der Waals surface area contributed by atoms with Gasteiger partial charge in [-0.15, -0.1) is 0 Å². The van der Waals surface area contributed by atoms with Gasteiger partial charge < -0.3 is 10.6 Å². The van der Waals surface area contributed by atoms with Crippen LogP contribution in [-0.4, -0.2) is 22.4 Å². The molecule has 2 N–H and O–H groups in total. The van der Waals surface area contributed by atoms with Gasteiger partial charge in [-0.3, -0.25) is 0 Å². The number of anilines is 1. The van der Waals surface area contributed by atoms with E-state index in [1.54, 1.807) is 30.1 Å². The molecule has 0 spiro atoms. The fourth-order valence-electron chi connectivity index (χ4n) is 1.85. The summed E-state index contributed by atoms with van der Waals surface area (Å²) in [6.45, 7) is 2.64. The number of nitrogens with one attached hydrogen (secondary N) is 2. The van der Waals surface area contributed by atoms with Crippen LogP contribution in [0.5, 0.6) is 0 Å². The number of thioether (sulfide) groups is 1. The zero-order valence-electron chi connectivity index (χ0n) is 12.6. The monoisotopic (exact) mass is 369 g/mol. The van der Waals surface area contributed by atoms with Gasteiger partial charge in [0.15, 0.2) is 5.11 Å². The van der Waals surface area contributed by atoms with Gasteiger partial charge in [0.1, 0.15) is 11.6 Å². The molecule has 122 valence electrons. The molecule has 0 unspecified atom stereocenters. The van der Waals surface area contributed by atoms with Crippen molar-refractivity contribution < 1.29 is 4.39 Å². The van der Waals surface area contributed by atoms with Gasteiger partial charge in [-0.25, -0.2) is 9.37 Å². The molecule has 0 saturated heterocycles. The first kappa shape index (κ1) is 18.0. The molecule has 2 rings (SSSR count). The quantitative estimate of drug-likeness (QED) is 0.583. The van der Waals surface area contributed by atoms with Crippen molar-refractivity contribution in [1.82, 2.24) is 10.3 Å². The number of rotatable bonds is 6. The van der Waals surface area contributed by atoms with E-state index in [0.29, 0.717) is 28.0 Å². The second-order valence-corrected chi connectivity index (χ2v) is 6.72. The molecule has 0 atom stereocenters. The number of aromatic nitrogens is 1. The van der Waals surface area contributed by atoms with Crippen molar-refractivity contribution in [2.24, 2.45) is 0 Å². The molecule has 0 amide bonds. The molecule has 2 aromatic rings. The van der Waals surface area contributed by atoms with Crippen molar-refractivity contribution in [2.75, 3.05) is 17.6 Å². The Labute approximate surface area is 150 Å². The van der Waals surface area contributed by atoms with E-state index in [-0.39, 0.29) is 5.82 Å². The van der Waals surface area contributed by atoms with Crippen molar-refractivity contribution in [2.45, 2.75) is 12.7 Å². The molecule has 1 heterocycles. The van der Waals surface area contributed by atoms with Crippen LogP contribution >= 0.6 is 35.6 Å². The Hall–Kier alpha value is -1.37. The summed E-state index contributed by atoms with van der Waals surface area (Å²) in [5.41, 5.74) is 1.57. The molecule has 7 heteroatoms. The summed E-state index contributed by atoms with van der Waals surface area (Å²) in [5, 5.41) is 7.15. The van der Waals surface area contributed by atoms with Crippen LogP contribution < -0.4 is 10.6 Å². The van der Waals surface area contributed by atoms with E-state index >= 15 is 0 Å². The first-order chi connectivity index (χ1) is 11.1. The Morgan fingerprint density at radius 1 is 1.35 bits per heavy atom. The van der Waals surface area contributed by atoms with Crippen molar-refractivity contribution >= 4 is 46.5 Å². The summed E-state index contributed by atoms with van der Waals surface area (Å²) in [7, 11) is 0. The first-order valence-electron chi connectivity index (χ1n) is 7.05. The third-order valence-electron chi connectivity index (χ3n) is 3.08. The number of benzene rings is 1. The fourth-order valence-corrected chi connectivity index (χ4v) is 3.25. The number of halogens is 2. The largest absolute Gasteiger partial charge is 0.362 e. The lowest BCUT2D eigenvalue weighted by Crippen LogP contribution is -2.30. The Morgan fingerprint density at radius 3 is 2.91 bits per heavy atom. The van der Waals surface area contributed by atoms with Gasteiger partial charge in [-0.2, -0.15) is 11.8 Å². The molecule has 1 aromatic heterocycles. The molecule has 23 heavy (non-hydrogen) atoms. The summed E-state index contributed by atoms with van der Waals surface area (Å²) >= 11 is 12.8. The van der Waals surface area contributed by atoms with Crippen LogP contribution in [0.3, 0.4) is 0 Å². The van der Waals surface area contributed by atoms with E-state index in [1.165, 1.54) is 6.07 Å². The van der Waals surface area contributed by atoms with E-state index in [1.807, 2.05) is 19.1 Å². The number of aryl methyl sites for hydroxylation is 1. The summed E-state index contributed by atoms with van der Waals surface area (Å²) in [5.74, 6) is 1.80. The van der Waals surface area contributed by atoms with Gasteiger partial charge in [-0.1, -0.05) is 23.7 Å². The summed E-state index contributed by atoms with van der Waals surface area (Å²) in [6.07, 6.45) is 1.71. The number of pyridine rings is 1. The van der Waals surface area contributed by atoms with E-state index in [0.717, 1.165) is 17.1 Å². The Kier molecular flexibility index (Phi) is 7.08. The predicted octanol–water partition coefficient (Wildman–Crippen LogP) is 4.40. The number of hydrogen-bond acceptors (Lipinski definition) is 3. The maximum absolute atomic E-state index is 13.6. The summed E-state index contributed by atoms with van der Waals surface area (Å²) in [6, 6.07) is 8.58. The fraction of sp³-hybridized carbons (Fsp3) is 0.250. The highest BCUT2D eigenvalue weighted by Gasteiger charge is 2.06. The average molecular weight is 370 g/mol. The lowest BCUT2D eigenvalue weighted by molar-refractivity contribution is 0.617. The van der Waals surface area contributed by atoms with Crippen LogP contribution in [0.25, 0.3) is 0 Å². The molecule has 0 aliphatic rings. The molecule has 0 aliphatic heterocycles. The zero-order valence-corrected chi connectivity index (χ0v) is 15.0. The smallest absolute Gasteiger partial charge is 0.171 e. The molecule has 3 nitrogen and oxygen atoms in total. The van der Waals surface area contributed by atoms with Crippen molar-refractivity contribution in [3.05, 3.63) is 58.5 Å². The standard InChI is InChI=1S/C16H17ClFN3S2/c1-11-4-3-7-19-15(11)21-16(22)20-8-9-23-10-12-13(17)5-2-6-14(12)18/h2-7H,8-10H2,1H3,(H2,19,20,21,22). The lowest BCUT2D eigenvalue weighted by atomic mass is 10.2. The van der Waals surface area contributed by atoms with Crippen molar-refractivity contribution in [3.8, 4) is 0 Å². The molecular weight excluding hydrogens is 353 g/mol. The Balaban J connectivity index is 1.69. The molecule has 0 bridgehead atoms. The van der Waals surface area contributed by atoms with Crippen LogP contribution in [0.1, 0.15) is 11.1 Å². The van der Waals surface area contributed by atoms with E-state index in [4.69, 9.17) is 23.8 Å². The Morgan fingerprint density at radius 2 is 2.17 bits per heavy atom. The van der Waals surface area contributed by atoms with Gasteiger partial charge in [0.2, 0.25) is 0 Å². The van der Waals surface area contributed by atoms with Gasteiger partial charge in [0.05, 0.1) is 0 Å². The van der Waals surface area contributed by atoms with E-state index in [9.17, 15) is 4.39 Å². The molecule has 0 aliphatic carbocycles. The predicted molar refractivity (Wildman–Crippen MR) is 101 cm³/mol. The summed E-state index contributed by atoms with van der Waals surface area (Å²) < 4.78 is 13.6. The van der Waals surface area contributed by atoms with Crippen LogP contribution in [0.15, 0.2) is 36.5 Å². The topological polar surface area (TPSA) is 37.0 Å². The minimum Gasteiger partial charge on any atom is -0.362 e. The maximum Gasteiger partial charge on any atom is 0.171 e. The number of thiocarbonyl (C=S) groups is 1. The highest BCUT2D eigenvalue weighted by molar-refractivity contribution is 7.98. The van der Waals surface area contributed by atoms with Crippen LogP contribution in [0.2, 0.25) is 5.02 Å². The normalized spacial score (nSPS) is 10.4. The minimum atomic E-state index is -0.263. The van der Waals surface area contributed by atoms with Crippen LogP contribution in [-0.2, 0) is 5.75 Å². The SMILES string of the molecule is Cc1cccnc1NC(=S)NCCSCc1c(F)cccc1Cl. The number of nitrogens with zero attached hydrogens (tertiary/aromatic N) is 1. The first-order valence-corrected chi connectivity index (χ1v) is 8.99. The van der Waals surface area contributed by atoms with E-state index < -0.39 is 0 Å². The lowest BCUT2D eigenvalue weighted by Gasteiger charge is -2.11. The Bertz CT molecular complexity index is 662. The van der Waals surface area contributed by atoms with Gasteiger partial charge in [0, 0.05) is 34.8 Å². The zero-order chi connectivity index (χ0) is 16.7.